The zero-order chi connectivity index (χ0) is 15.2. The van der Waals surface area contributed by atoms with Crippen molar-refractivity contribution in [3.8, 4) is 0 Å². The Bertz CT molecular complexity index is 463. The van der Waals surface area contributed by atoms with Crippen LogP contribution >= 0.6 is 0 Å². The van der Waals surface area contributed by atoms with Crippen LogP contribution < -0.4 is 5.32 Å². The zero-order valence-corrected chi connectivity index (χ0v) is 11.9. The van der Waals surface area contributed by atoms with E-state index in [2.05, 4.69) is 5.32 Å². The topological polar surface area (TPSA) is 95.6 Å². The molecule has 0 radical (unpaired) electrons. The molecule has 3 N–H and O–H groups in total. The molecule has 0 spiro atoms. The molecule has 21 heavy (non-hydrogen) atoms. The molecular formula is C15H22N2O4. The van der Waals surface area contributed by atoms with Gasteiger partial charge in [-0.1, -0.05) is 6.42 Å². The van der Waals surface area contributed by atoms with E-state index in [1.807, 2.05) is 0 Å². The Kier molecular flexibility index (Phi) is 5.67. The fourth-order valence-electron chi connectivity index (χ4n) is 2.96. The van der Waals surface area contributed by atoms with E-state index in [4.69, 9.17) is 0 Å². The SMILES string of the molecule is O=[N+]([O-])c1ccc(C(O)CNCC2CCCC2CO)cc1. The van der Waals surface area contributed by atoms with E-state index < -0.39 is 11.0 Å². The maximum Gasteiger partial charge on any atom is 0.269 e. The van der Waals surface area contributed by atoms with Gasteiger partial charge in [0.25, 0.3) is 5.69 Å². The smallest absolute Gasteiger partial charge is 0.269 e. The molecular weight excluding hydrogens is 272 g/mol. The quantitative estimate of drug-likeness (QED) is 0.524. The van der Waals surface area contributed by atoms with Crippen molar-refractivity contribution >= 4 is 5.69 Å². The predicted octanol–water partition coefficient (Wildman–Crippen LogP) is 1.63. The number of nitrogens with zero attached hydrogens (tertiary/aromatic N) is 1. The second-order valence-corrected chi connectivity index (χ2v) is 5.66. The molecule has 1 aliphatic carbocycles. The Morgan fingerprint density at radius 1 is 1.29 bits per heavy atom. The molecule has 2 rings (SSSR count). The van der Waals surface area contributed by atoms with Gasteiger partial charge < -0.3 is 15.5 Å². The number of aliphatic hydroxyl groups is 2. The fraction of sp³-hybridized carbons (Fsp3) is 0.600. The van der Waals surface area contributed by atoms with Crippen molar-refractivity contribution in [2.75, 3.05) is 19.7 Å². The molecule has 0 aromatic heterocycles. The van der Waals surface area contributed by atoms with Crippen molar-refractivity contribution in [2.24, 2.45) is 11.8 Å². The second kappa shape index (κ2) is 7.49. The number of nitro groups is 1. The summed E-state index contributed by atoms with van der Waals surface area (Å²) in [4.78, 5) is 10.1. The van der Waals surface area contributed by atoms with Crippen molar-refractivity contribution in [3.05, 3.63) is 39.9 Å². The molecule has 1 aromatic rings. The maximum absolute atomic E-state index is 10.6. The summed E-state index contributed by atoms with van der Waals surface area (Å²) < 4.78 is 0. The minimum Gasteiger partial charge on any atom is -0.396 e. The third-order valence-electron chi connectivity index (χ3n) is 4.28. The summed E-state index contributed by atoms with van der Waals surface area (Å²) in [6, 6.07) is 5.96. The number of hydrogen-bond acceptors (Lipinski definition) is 5. The maximum atomic E-state index is 10.6. The summed E-state index contributed by atoms with van der Waals surface area (Å²) >= 11 is 0. The minimum absolute atomic E-state index is 0.0238. The van der Waals surface area contributed by atoms with Crippen molar-refractivity contribution in [3.63, 3.8) is 0 Å². The van der Waals surface area contributed by atoms with E-state index in [1.54, 1.807) is 12.1 Å². The third-order valence-corrected chi connectivity index (χ3v) is 4.28. The van der Waals surface area contributed by atoms with Gasteiger partial charge in [-0.15, -0.1) is 0 Å². The first-order chi connectivity index (χ1) is 10.1. The molecule has 3 unspecified atom stereocenters. The van der Waals surface area contributed by atoms with E-state index in [1.165, 1.54) is 12.1 Å². The molecule has 0 heterocycles. The van der Waals surface area contributed by atoms with Crippen molar-refractivity contribution in [1.82, 2.24) is 5.32 Å². The number of nitrogens with one attached hydrogen (secondary N) is 1. The summed E-state index contributed by atoms with van der Waals surface area (Å²) in [5.41, 5.74) is 0.689. The summed E-state index contributed by atoms with van der Waals surface area (Å²) in [5, 5.41) is 33.1. The van der Waals surface area contributed by atoms with Crippen molar-refractivity contribution in [2.45, 2.75) is 25.4 Å². The van der Waals surface area contributed by atoms with Crippen LogP contribution in [0.5, 0.6) is 0 Å². The summed E-state index contributed by atoms with van der Waals surface area (Å²) in [6.07, 6.45) is 2.67. The monoisotopic (exact) mass is 294 g/mol. The molecule has 1 aliphatic rings. The standard InChI is InChI=1S/C15H22N2O4/c18-10-13-3-1-2-12(13)8-16-9-15(19)11-4-6-14(7-5-11)17(20)21/h4-7,12-13,15-16,18-19H,1-3,8-10H2. The number of rotatable bonds is 7. The highest BCUT2D eigenvalue weighted by Gasteiger charge is 2.26. The van der Waals surface area contributed by atoms with Crippen LogP contribution in [0.1, 0.15) is 30.9 Å². The lowest BCUT2D eigenvalue weighted by molar-refractivity contribution is -0.384. The third kappa shape index (κ3) is 4.23. The summed E-state index contributed by atoms with van der Waals surface area (Å²) in [7, 11) is 0. The number of benzene rings is 1. The zero-order valence-electron chi connectivity index (χ0n) is 11.9. The fourth-order valence-corrected chi connectivity index (χ4v) is 2.96. The van der Waals surface area contributed by atoms with E-state index in [9.17, 15) is 20.3 Å². The molecule has 1 saturated carbocycles. The molecule has 0 bridgehead atoms. The molecule has 116 valence electrons. The molecule has 3 atom stereocenters. The van der Waals surface area contributed by atoms with E-state index in [0.717, 1.165) is 25.8 Å². The van der Waals surface area contributed by atoms with Gasteiger partial charge >= 0.3 is 0 Å². The first-order valence-electron chi connectivity index (χ1n) is 7.35. The average Bonchev–Trinajstić information content (AvgIpc) is 2.94. The van der Waals surface area contributed by atoms with Gasteiger partial charge in [0, 0.05) is 25.3 Å². The highest BCUT2D eigenvalue weighted by atomic mass is 16.6. The lowest BCUT2D eigenvalue weighted by atomic mass is 9.97. The Morgan fingerprint density at radius 2 is 1.95 bits per heavy atom. The van der Waals surface area contributed by atoms with Crippen LogP contribution in [0.3, 0.4) is 0 Å². The number of hydrogen-bond donors (Lipinski definition) is 3. The van der Waals surface area contributed by atoms with Crippen LogP contribution in [0.15, 0.2) is 24.3 Å². The van der Waals surface area contributed by atoms with Crippen molar-refractivity contribution < 1.29 is 15.1 Å². The summed E-state index contributed by atoms with van der Waals surface area (Å²) in [5.74, 6) is 0.841. The lowest BCUT2D eigenvalue weighted by Gasteiger charge is -2.19. The van der Waals surface area contributed by atoms with Gasteiger partial charge in [0.15, 0.2) is 0 Å². The van der Waals surface area contributed by atoms with E-state index >= 15 is 0 Å². The van der Waals surface area contributed by atoms with Crippen molar-refractivity contribution in [1.29, 1.82) is 0 Å². The molecule has 6 nitrogen and oxygen atoms in total. The average molecular weight is 294 g/mol. The van der Waals surface area contributed by atoms with Crippen LogP contribution in [0.25, 0.3) is 0 Å². The van der Waals surface area contributed by atoms with Crippen LogP contribution in [-0.2, 0) is 0 Å². The molecule has 1 fully saturated rings. The van der Waals surface area contributed by atoms with E-state index in [0.29, 0.717) is 23.9 Å². The van der Waals surface area contributed by atoms with Crippen LogP contribution in [-0.4, -0.2) is 34.8 Å². The largest absolute Gasteiger partial charge is 0.396 e. The molecule has 0 aliphatic heterocycles. The van der Waals surface area contributed by atoms with E-state index in [-0.39, 0.29) is 12.3 Å². The predicted molar refractivity (Wildman–Crippen MR) is 78.8 cm³/mol. The van der Waals surface area contributed by atoms with Crippen LogP contribution in [0, 0.1) is 22.0 Å². The first kappa shape index (κ1) is 15.9. The van der Waals surface area contributed by atoms with Gasteiger partial charge in [0.05, 0.1) is 11.0 Å². The minimum atomic E-state index is -0.681. The van der Waals surface area contributed by atoms with Gasteiger partial charge in [0.1, 0.15) is 0 Å². The van der Waals surface area contributed by atoms with Crippen LogP contribution in [0.2, 0.25) is 0 Å². The van der Waals surface area contributed by atoms with Gasteiger partial charge in [-0.05, 0) is 48.9 Å². The van der Waals surface area contributed by atoms with Crippen LogP contribution in [0.4, 0.5) is 5.69 Å². The van der Waals surface area contributed by atoms with Gasteiger partial charge in [0.2, 0.25) is 0 Å². The Morgan fingerprint density at radius 3 is 2.57 bits per heavy atom. The Hall–Kier alpha value is -1.50. The molecule has 1 aromatic carbocycles. The second-order valence-electron chi connectivity index (χ2n) is 5.66. The summed E-state index contributed by atoms with van der Waals surface area (Å²) in [6.45, 7) is 1.43. The Labute approximate surface area is 124 Å². The van der Waals surface area contributed by atoms with Gasteiger partial charge in [-0.25, -0.2) is 0 Å². The molecule has 0 saturated heterocycles. The van der Waals surface area contributed by atoms with Gasteiger partial charge in [-0.2, -0.15) is 0 Å². The number of non-ortho nitro benzene ring substituents is 1. The molecule has 6 heteroatoms. The highest BCUT2D eigenvalue weighted by Crippen LogP contribution is 2.30. The Balaban J connectivity index is 1.78. The lowest BCUT2D eigenvalue weighted by Crippen LogP contribution is -2.30. The molecule has 0 amide bonds. The number of aliphatic hydroxyl groups excluding tert-OH is 2. The normalized spacial score (nSPS) is 23.1. The van der Waals surface area contributed by atoms with Gasteiger partial charge in [-0.3, -0.25) is 10.1 Å². The first-order valence-corrected chi connectivity index (χ1v) is 7.35. The highest BCUT2D eigenvalue weighted by molar-refractivity contribution is 5.33. The number of nitro benzene ring substituents is 1.